The first-order valence-electron chi connectivity index (χ1n) is 6.79. The highest BCUT2D eigenvalue weighted by atomic mass is 35.5. The van der Waals surface area contributed by atoms with Crippen LogP contribution in [-0.2, 0) is 4.79 Å². The Hall–Kier alpha value is -1.24. The molecule has 3 N–H and O–H groups in total. The molecule has 1 saturated heterocycles. The molecule has 0 spiro atoms. The van der Waals surface area contributed by atoms with E-state index in [1.165, 1.54) is 6.07 Å². The highest BCUT2D eigenvalue weighted by Gasteiger charge is 2.23. The van der Waals surface area contributed by atoms with Gasteiger partial charge in [-0.1, -0.05) is 6.42 Å². The Bertz CT molecular complexity index is 487. The van der Waals surface area contributed by atoms with Gasteiger partial charge in [-0.2, -0.15) is 0 Å². The molecule has 2 rings (SSSR count). The highest BCUT2D eigenvalue weighted by Crippen LogP contribution is 2.17. The van der Waals surface area contributed by atoms with Crippen molar-refractivity contribution in [2.24, 2.45) is 5.73 Å². The Balaban J connectivity index is 0.00000220. The number of hydrogen-bond donors (Lipinski definition) is 2. The molecule has 7 heteroatoms. The number of likely N-dealkylation sites (tertiary alicyclic amines) is 1. The largest absolute Gasteiger partial charge is 0.329 e. The average Bonchev–Trinajstić information content (AvgIpc) is 2.43. The first-order valence-corrected chi connectivity index (χ1v) is 6.79. The first kappa shape index (κ1) is 17.8. The van der Waals surface area contributed by atoms with E-state index >= 15 is 0 Å². The maximum absolute atomic E-state index is 13.1. The first-order chi connectivity index (χ1) is 9.60. The number of anilines is 1. The average molecular weight is 320 g/mol. The summed E-state index contributed by atoms with van der Waals surface area (Å²) in [6.07, 6.45) is 3.17. The molecule has 1 aromatic carbocycles. The summed E-state index contributed by atoms with van der Waals surface area (Å²) in [4.78, 5) is 14.0. The number of rotatable bonds is 4. The van der Waals surface area contributed by atoms with E-state index in [0.29, 0.717) is 6.54 Å². The lowest BCUT2D eigenvalue weighted by Crippen LogP contribution is -2.47. The SMILES string of the molecule is Cl.NCC1CCCCN1CC(=O)Nc1ccc(F)c(F)c1. The summed E-state index contributed by atoms with van der Waals surface area (Å²) in [7, 11) is 0. The van der Waals surface area contributed by atoms with E-state index in [9.17, 15) is 13.6 Å². The van der Waals surface area contributed by atoms with Crippen LogP contribution >= 0.6 is 12.4 Å². The Kier molecular flexibility index (Phi) is 7.01. The van der Waals surface area contributed by atoms with Crippen LogP contribution in [0, 0.1) is 11.6 Å². The van der Waals surface area contributed by atoms with Crippen molar-refractivity contribution >= 4 is 24.0 Å². The predicted octanol–water partition coefficient (Wildman–Crippen LogP) is 2.14. The van der Waals surface area contributed by atoms with E-state index in [0.717, 1.165) is 37.9 Å². The normalized spacial score (nSPS) is 18.9. The van der Waals surface area contributed by atoms with E-state index < -0.39 is 11.6 Å². The second kappa shape index (κ2) is 8.26. The molecule has 4 nitrogen and oxygen atoms in total. The quantitative estimate of drug-likeness (QED) is 0.894. The molecule has 0 radical (unpaired) electrons. The number of nitrogens with zero attached hydrogens (tertiary/aromatic N) is 1. The van der Waals surface area contributed by atoms with Gasteiger partial charge in [-0.25, -0.2) is 8.78 Å². The lowest BCUT2D eigenvalue weighted by molar-refractivity contribution is -0.118. The summed E-state index contributed by atoms with van der Waals surface area (Å²) in [6, 6.07) is 3.53. The summed E-state index contributed by atoms with van der Waals surface area (Å²) < 4.78 is 25.8. The molecule has 1 fully saturated rings. The van der Waals surface area contributed by atoms with Crippen LogP contribution in [0.2, 0.25) is 0 Å². The summed E-state index contributed by atoms with van der Waals surface area (Å²) >= 11 is 0. The lowest BCUT2D eigenvalue weighted by Gasteiger charge is -2.34. The maximum Gasteiger partial charge on any atom is 0.238 e. The van der Waals surface area contributed by atoms with Gasteiger partial charge >= 0.3 is 0 Å². The molecule has 1 unspecified atom stereocenters. The van der Waals surface area contributed by atoms with Crippen molar-refractivity contribution in [1.29, 1.82) is 0 Å². The van der Waals surface area contributed by atoms with E-state index in [-0.39, 0.29) is 36.6 Å². The predicted molar refractivity (Wildman–Crippen MR) is 80.5 cm³/mol. The number of amides is 1. The number of carbonyl (C=O) groups is 1. The van der Waals surface area contributed by atoms with E-state index in [1.54, 1.807) is 0 Å². The van der Waals surface area contributed by atoms with E-state index in [2.05, 4.69) is 5.32 Å². The summed E-state index contributed by atoms with van der Waals surface area (Å²) in [5, 5.41) is 2.57. The Morgan fingerprint density at radius 2 is 2.10 bits per heavy atom. The van der Waals surface area contributed by atoms with Crippen LogP contribution in [-0.4, -0.2) is 36.5 Å². The van der Waals surface area contributed by atoms with Gasteiger partial charge in [-0.15, -0.1) is 12.4 Å². The minimum atomic E-state index is -0.972. The zero-order valence-corrected chi connectivity index (χ0v) is 12.5. The number of piperidine rings is 1. The van der Waals surface area contributed by atoms with Gasteiger partial charge in [0.25, 0.3) is 0 Å². The molecule has 0 saturated carbocycles. The number of benzene rings is 1. The van der Waals surface area contributed by atoms with Crippen molar-refractivity contribution in [3.63, 3.8) is 0 Å². The fraction of sp³-hybridized carbons (Fsp3) is 0.500. The third kappa shape index (κ3) is 4.91. The van der Waals surface area contributed by atoms with Crippen molar-refractivity contribution in [2.45, 2.75) is 25.3 Å². The zero-order valence-electron chi connectivity index (χ0n) is 11.6. The van der Waals surface area contributed by atoms with Gasteiger partial charge < -0.3 is 11.1 Å². The fourth-order valence-electron chi connectivity index (χ4n) is 2.49. The zero-order chi connectivity index (χ0) is 14.5. The summed E-state index contributed by atoms with van der Waals surface area (Å²) in [5.74, 6) is -2.14. The van der Waals surface area contributed by atoms with Gasteiger partial charge in [-0.05, 0) is 31.5 Å². The molecule has 1 heterocycles. The number of hydrogen-bond acceptors (Lipinski definition) is 3. The molecule has 0 aromatic heterocycles. The second-order valence-corrected chi connectivity index (χ2v) is 5.03. The molecule has 1 atom stereocenters. The standard InChI is InChI=1S/C14H19F2N3O.ClH/c15-12-5-4-10(7-13(12)16)18-14(20)9-19-6-2-1-3-11(19)8-17;/h4-5,7,11H,1-3,6,8-9,17H2,(H,18,20);1H. The van der Waals surface area contributed by atoms with Crippen LogP contribution in [0.15, 0.2) is 18.2 Å². The number of halogens is 3. The molecule has 118 valence electrons. The van der Waals surface area contributed by atoms with Gasteiger partial charge in [0.2, 0.25) is 5.91 Å². The molecular weight excluding hydrogens is 300 g/mol. The Morgan fingerprint density at radius 1 is 1.33 bits per heavy atom. The number of nitrogens with one attached hydrogen (secondary N) is 1. The van der Waals surface area contributed by atoms with Crippen LogP contribution in [0.3, 0.4) is 0 Å². The van der Waals surface area contributed by atoms with Gasteiger partial charge in [0.1, 0.15) is 0 Å². The van der Waals surface area contributed by atoms with E-state index in [4.69, 9.17) is 5.73 Å². The molecular formula is C14H20ClF2N3O. The Labute approximate surface area is 129 Å². The number of nitrogens with two attached hydrogens (primary N) is 1. The Morgan fingerprint density at radius 3 is 2.76 bits per heavy atom. The van der Waals surface area contributed by atoms with Crippen LogP contribution in [0.4, 0.5) is 14.5 Å². The van der Waals surface area contributed by atoms with Crippen molar-refractivity contribution in [1.82, 2.24) is 4.90 Å². The van der Waals surface area contributed by atoms with Crippen molar-refractivity contribution in [3.05, 3.63) is 29.8 Å². The third-order valence-corrected chi connectivity index (χ3v) is 3.57. The monoisotopic (exact) mass is 319 g/mol. The van der Waals surface area contributed by atoms with Crippen molar-refractivity contribution in [2.75, 3.05) is 25.0 Å². The maximum atomic E-state index is 13.1. The lowest BCUT2D eigenvalue weighted by atomic mass is 10.0. The van der Waals surface area contributed by atoms with E-state index in [1.807, 2.05) is 4.90 Å². The van der Waals surface area contributed by atoms with Gasteiger partial charge in [0, 0.05) is 24.3 Å². The van der Waals surface area contributed by atoms with Crippen molar-refractivity contribution < 1.29 is 13.6 Å². The minimum absolute atomic E-state index is 0. The molecule has 1 aliphatic rings. The van der Waals surface area contributed by atoms with Crippen LogP contribution in [0.25, 0.3) is 0 Å². The summed E-state index contributed by atoms with van der Waals surface area (Å²) in [5.41, 5.74) is 5.95. The minimum Gasteiger partial charge on any atom is -0.329 e. The molecule has 1 aliphatic heterocycles. The topological polar surface area (TPSA) is 58.4 Å². The molecule has 1 amide bonds. The molecule has 1 aromatic rings. The molecule has 21 heavy (non-hydrogen) atoms. The molecule has 0 aliphatic carbocycles. The third-order valence-electron chi connectivity index (χ3n) is 3.57. The molecule has 0 bridgehead atoms. The highest BCUT2D eigenvalue weighted by molar-refractivity contribution is 5.92. The number of carbonyl (C=O) groups excluding carboxylic acids is 1. The van der Waals surface area contributed by atoms with Gasteiger partial charge in [0.05, 0.1) is 6.54 Å². The van der Waals surface area contributed by atoms with Crippen molar-refractivity contribution in [3.8, 4) is 0 Å². The fourth-order valence-corrected chi connectivity index (χ4v) is 2.49. The van der Waals surface area contributed by atoms with Crippen LogP contribution < -0.4 is 11.1 Å². The van der Waals surface area contributed by atoms with Crippen LogP contribution in [0.1, 0.15) is 19.3 Å². The van der Waals surface area contributed by atoms with Gasteiger partial charge in [0.15, 0.2) is 11.6 Å². The second-order valence-electron chi connectivity index (χ2n) is 5.03. The van der Waals surface area contributed by atoms with Crippen LogP contribution in [0.5, 0.6) is 0 Å². The smallest absolute Gasteiger partial charge is 0.238 e. The van der Waals surface area contributed by atoms with Gasteiger partial charge in [-0.3, -0.25) is 9.69 Å². The summed E-state index contributed by atoms with van der Waals surface area (Å²) in [6.45, 7) is 1.59.